The monoisotopic (exact) mass is 211 g/mol. The van der Waals surface area contributed by atoms with E-state index in [4.69, 9.17) is 0 Å². The van der Waals surface area contributed by atoms with Crippen LogP contribution in [-0.4, -0.2) is 45.9 Å². The molecule has 76 valence electrons. The largest absolute Gasteiger partial charge is 0.510 e. The summed E-state index contributed by atoms with van der Waals surface area (Å²) in [6.07, 6.45) is -2.11. The Morgan fingerprint density at radius 2 is 2.15 bits per heavy atom. The average molecular weight is 211 g/mol. The fourth-order valence-corrected chi connectivity index (χ4v) is 1.12. The van der Waals surface area contributed by atoms with E-state index >= 15 is 0 Å². The van der Waals surface area contributed by atoms with E-state index in [1.165, 1.54) is 14.1 Å². The molecule has 0 spiro atoms. The van der Waals surface area contributed by atoms with Crippen LogP contribution in [0.3, 0.4) is 0 Å². The van der Waals surface area contributed by atoms with Gasteiger partial charge in [-0.3, -0.25) is 0 Å². The Hall–Kier alpha value is -0.860. The molecular formula is C5H9NO6S. The number of rotatable bonds is 3. The summed E-state index contributed by atoms with van der Waals surface area (Å²) in [6.45, 7) is -0.216. The van der Waals surface area contributed by atoms with Crippen LogP contribution >= 0.6 is 0 Å². The van der Waals surface area contributed by atoms with Crippen LogP contribution in [0, 0.1) is 0 Å². The van der Waals surface area contributed by atoms with E-state index in [-0.39, 0.29) is 6.61 Å². The van der Waals surface area contributed by atoms with Crippen molar-refractivity contribution in [1.29, 1.82) is 0 Å². The Morgan fingerprint density at radius 1 is 1.54 bits per heavy atom. The lowest BCUT2D eigenvalue weighted by Crippen LogP contribution is -2.30. The van der Waals surface area contributed by atoms with Gasteiger partial charge in [0, 0.05) is 14.1 Å². The summed E-state index contributed by atoms with van der Waals surface area (Å²) in [7, 11) is -1.23. The number of ether oxygens (including phenoxy) is 2. The third-order valence-electron chi connectivity index (χ3n) is 1.24. The number of hydrogen-bond donors (Lipinski definition) is 0. The second kappa shape index (κ2) is 3.48. The number of cyclic esters (lactones) is 2. The minimum Gasteiger partial charge on any atom is -0.427 e. The molecule has 0 aromatic rings. The number of carbonyl (C=O) groups is 1. The molecule has 0 amide bonds. The van der Waals surface area contributed by atoms with Crippen LogP contribution < -0.4 is 0 Å². The molecule has 1 atom stereocenters. The summed E-state index contributed by atoms with van der Waals surface area (Å²) in [5, 5.41) is 0. The first-order chi connectivity index (χ1) is 5.92. The highest BCUT2D eigenvalue weighted by Crippen LogP contribution is 2.11. The van der Waals surface area contributed by atoms with Gasteiger partial charge in [0.2, 0.25) is 0 Å². The number of carbonyl (C=O) groups excluding carboxylic acids is 1. The molecule has 0 N–H and O–H groups in total. The van der Waals surface area contributed by atoms with E-state index < -0.39 is 22.7 Å². The molecule has 1 fully saturated rings. The van der Waals surface area contributed by atoms with Gasteiger partial charge in [-0.15, -0.1) is 0 Å². The molecule has 0 bridgehead atoms. The summed E-state index contributed by atoms with van der Waals surface area (Å²) < 4.78 is 36.1. The van der Waals surface area contributed by atoms with Crippen LogP contribution in [0.25, 0.3) is 0 Å². The first-order valence-corrected chi connectivity index (χ1v) is 4.72. The van der Waals surface area contributed by atoms with Gasteiger partial charge in [-0.1, -0.05) is 0 Å². The van der Waals surface area contributed by atoms with Crippen molar-refractivity contribution in [3.8, 4) is 0 Å². The van der Waals surface area contributed by atoms with E-state index in [0.717, 1.165) is 4.31 Å². The van der Waals surface area contributed by atoms with Crippen molar-refractivity contribution >= 4 is 16.5 Å². The molecular weight excluding hydrogens is 202 g/mol. The van der Waals surface area contributed by atoms with Gasteiger partial charge in [0.15, 0.2) is 6.61 Å². The zero-order valence-electron chi connectivity index (χ0n) is 7.09. The third-order valence-corrected chi connectivity index (χ3v) is 2.59. The van der Waals surface area contributed by atoms with E-state index in [9.17, 15) is 13.2 Å². The SMILES string of the molecule is CN(C)S(=O)(=O)OC1COC(=O)O1. The first-order valence-electron chi connectivity index (χ1n) is 3.36. The average Bonchev–Trinajstić information content (AvgIpc) is 2.34. The van der Waals surface area contributed by atoms with Crippen LogP contribution in [0.1, 0.15) is 0 Å². The van der Waals surface area contributed by atoms with Gasteiger partial charge >= 0.3 is 16.5 Å². The maximum atomic E-state index is 11.0. The Balaban J connectivity index is 2.55. The van der Waals surface area contributed by atoms with E-state index in [2.05, 4.69) is 13.7 Å². The molecule has 1 heterocycles. The quantitative estimate of drug-likeness (QED) is 0.574. The van der Waals surface area contributed by atoms with Crippen molar-refractivity contribution in [2.45, 2.75) is 6.29 Å². The van der Waals surface area contributed by atoms with Gasteiger partial charge < -0.3 is 9.47 Å². The van der Waals surface area contributed by atoms with Gasteiger partial charge in [0.1, 0.15) is 0 Å². The highest BCUT2D eigenvalue weighted by molar-refractivity contribution is 7.84. The lowest BCUT2D eigenvalue weighted by Gasteiger charge is -2.12. The van der Waals surface area contributed by atoms with Crippen molar-refractivity contribution in [1.82, 2.24) is 4.31 Å². The van der Waals surface area contributed by atoms with Crippen LogP contribution in [0.2, 0.25) is 0 Å². The summed E-state index contributed by atoms with van der Waals surface area (Å²) in [5.74, 6) is 0. The lowest BCUT2D eigenvalue weighted by atomic mass is 10.7. The van der Waals surface area contributed by atoms with Gasteiger partial charge in [-0.2, -0.15) is 12.7 Å². The molecule has 0 aromatic heterocycles. The van der Waals surface area contributed by atoms with Crippen molar-refractivity contribution in [3.63, 3.8) is 0 Å². The molecule has 1 unspecified atom stereocenters. The van der Waals surface area contributed by atoms with E-state index in [1.807, 2.05) is 0 Å². The van der Waals surface area contributed by atoms with Crippen LogP contribution in [0.5, 0.6) is 0 Å². The highest BCUT2D eigenvalue weighted by atomic mass is 32.2. The smallest absolute Gasteiger partial charge is 0.427 e. The van der Waals surface area contributed by atoms with Gasteiger partial charge in [0.25, 0.3) is 6.29 Å². The maximum Gasteiger partial charge on any atom is 0.510 e. The molecule has 1 aliphatic rings. The van der Waals surface area contributed by atoms with Crippen molar-refractivity contribution in [2.24, 2.45) is 0 Å². The van der Waals surface area contributed by atoms with Gasteiger partial charge in [-0.25, -0.2) is 8.98 Å². The molecule has 0 aromatic carbocycles. The predicted molar refractivity (Wildman–Crippen MR) is 39.9 cm³/mol. The number of nitrogens with zero attached hydrogens (tertiary/aromatic N) is 1. The fraction of sp³-hybridized carbons (Fsp3) is 0.800. The van der Waals surface area contributed by atoms with Crippen LogP contribution in [0.15, 0.2) is 0 Å². The Morgan fingerprint density at radius 3 is 2.54 bits per heavy atom. The maximum absolute atomic E-state index is 11.0. The molecule has 0 radical (unpaired) electrons. The Kier molecular flexibility index (Phi) is 2.74. The van der Waals surface area contributed by atoms with Crippen LogP contribution in [-0.2, 0) is 24.0 Å². The zero-order chi connectivity index (χ0) is 10.1. The standard InChI is InChI=1S/C5H9NO6S/c1-6(2)13(8,9)12-4-3-10-5(7)11-4/h4H,3H2,1-2H3. The zero-order valence-corrected chi connectivity index (χ0v) is 7.91. The second-order valence-corrected chi connectivity index (χ2v) is 4.22. The molecule has 1 rings (SSSR count). The fourth-order valence-electron chi connectivity index (χ4n) is 0.581. The summed E-state index contributed by atoms with van der Waals surface area (Å²) >= 11 is 0. The van der Waals surface area contributed by atoms with E-state index in [0.29, 0.717) is 0 Å². The third kappa shape index (κ3) is 2.54. The second-order valence-electron chi connectivity index (χ2n) is 2.44. The molecule has 7 nitrogen and oxygen atoms in total. The molecule has 0 saturated carbocycles. The molecule has 0 aliphatic carbocycles. The lowest BCUT2D eigenvalue weighted by molar-refractivity contribution is 0.00581. The van der Waals surface area contributed by atoms with Crippen molar-refractivity contribution < 1.29 is 26.9 Å². The summed E-state index contributed by atoms with van der Waals surface area (Å²) in [5.41, 5.74) is 0. The summed E-state index contributed by atoms with van der Waals surface area (Å²) in [4.78, 5) is 10.4. The Bertz CT molecular complexity index is 296. The van der Waals surface area contributed by atoms with Gasteiger partial charge in [-0.05, 0) is 0 Å². The predicted octanol–water partition coefficient (Wildman–Crippen LogP) is -0.698. The molecule has 1 saturated heterocycles. The minimum atomic E-state index is -3.83. The van der Waals surface area contributed by atoms with Crippen LogP contribution in [0.4, 0.5) is 4.79 Å². The minimum absolute atomic E-state index is 0.216. The highest BCUT2D eigenvalue weighted by Gasteiger charge is 2.31. The molecule has 1 aliphatic heterocycles. The Labute approximate surface area is 75.4 Å². The van der Waals surface area contributed by atoms with E-state index in [1.54, 1.807) is 0 Å². The number of hydrogen-bond acceptors (Lipinski definition) is 6. The molecule has 13 heavy (non-hydrogen) atoms. The topological polar surface area (TPSA) is 82.1 Å². The summed E-state index contributed by atoms with van der Waals surface area (Å²) in [6, 6.07) is 0. The van der Waals surface area contributed by atoms with Gasteiger partial charge in [0.05, 0.1) is 0 Å². The van der Waals surface area contributed by atoms with Crippen molar-refractivity contribution in [3.05, 3.63) is 0 Å². The molecule has 8 heteroatoms. The van der Waals surface area contributed by atoms with Crippen molar-refractivity contribution in [2.75, 3.05) is 20.7 Å². The first kappa shape index (κ1) is 10.2. The normalized spacial score (nSPS) is 23.0.